The van der Waals surface area contributed by atoms with Crippen molar-refractivity contribution in [2.45, 2.75) is 68.2 Å². The van der Waals surface area contributed by atoms with Crippen molar-refractivity contribution >= 4 is 48.4 Å². The highest BCUT2D eigenvalue weighted by molar-refractivity contribution is 7.86. The molecule has 9 nitrogen and oxygen atoms in total. The Kier molecular flexibility index (Phi) is 6.01. The van der Waals surface area contributed by atoms with E-state index in [9.17, 15) is 35.8 Å². The number of nitrogens with zero attached hydrogens (tertiary/aromatic N) is 1. The molecule has 0 bridgehead atoms. The van der Waals surface area contributed by atoms with Crippen LogP contribution in [0.5, 0.6) is 0 Å². The smallest absolute Gasteiger partial charge is 0.373 e. The number of fused-ring (bicyclic) bond motifs is 3. The lowest BCUT2D eigenvalue weighted by Gasteiger charge is -2.19. The van der Waals surface area contributed by atoms with E-state index >= 15 is 0 Å². The monoisotopic (exact) mass is 483 g/mol. The topological polar surface area (TPSA) is 152 Å². The molecule has 0 saturated carbocycles. The fourth-order valence-corrected chi connectivity index (χ4v) is 5.73. The largest absolute Gasteiger partial charge is 0.744 e. The average Bonchev–Trinajstić information content (AvgIpc) is 2.86. The summed E-state index contributed by atoms with van der Waals surface area (Å²) in [7, 11) is -9.89. The summed E-state index contributed by atoms with van der Waals surface area (Å²) in [5.74, 6) is -1.02. The van der Waals surface area contributed by atoms with E-state index in [0.717, 1.165) is 12.5 Å². The van der Waals surface area contributed by atoms with Gasteiger partial charge < -0.3 is 9.66 Å². The van der Waals surface area contributed by atoms with Crippen LogP contribution in [0, 0.1) is 0 Å². The zero-order valence-electron chi connectivity index (χ0n) is 18.1. The molecule has 1 atom stereocenters. The number of benzene rings is 2. The molecule has 0 radical (unpaired) electrons. The molecule has 0 aromatic heterocycles. The minimum Gasteiger partial charge on any atom is -0.744 e. The van der Waals surface area contributed by atoms with Gasteiger partial charge in [-0.05, 0) is 43.9 Å². The van der Waals surface area contributed by atoms with Crippen LogP contribution in [0.2, 0.25) is 0 Å². The van der Waals surface area contributed by atoms with Crippen LogP contribution in [-0.2, 0) is 30.4 Å². The third-order valence-corrected chi connectivity index (χ3v) is 7.90. The minimum absolute atomic E-state index is 0.00862. The van der Waals surface area contributed by atoms with Crippen molar-refractivity contribution in [2.75, 3.05) is 0 Å². The molecule has 1 aliphatic heterocycles. The molecular formula is C21H25NO8S2. The van der Waals surface area contributed by atoms with Crippen LogP contribution >= 0.6 is 0 Å². The number of carboxylic acid groups (broad SMARTS) is 1. The Morgan fingerprint density at radius 3 is 2.28 bits per heavy atom. The molecular weight excluding hydrogens is 458 g/mol. The van der Waals surface area contributed by atoms with Crippen LogP contribution < -0.4 is 0 Å². The summed E-state index contributed by atoms with van der Waals surface area (Å²) < 4.78 is 70.6. The summed E-state index contributed by atoms with van der Waals surface area (Å²) in [6.45, 7) is 7.34. The van der Waals surface area contributed by atoms with Crippen molar-refractivity contribution in [1.82, 2.24) is 0 Å². The van der Waals surface area contributed by atoms with E-state index in [4.69, 9.17) is 0 Å². The summed E-state index contributed by atoms with van der Waals surface area (Å²) in [5, 5.41) is 10.1. The van der Waals surface area contributed by atoms with Crippen molar-refractivity contribution in [1.29, 1.82) is 0 Å². The third-order valence-electron chi connectivity index (χ3n) is 6.19. The number of carboxylic acids is 1. The number of hydrogen-bond acceptors (Lipinski definition) is 6. The minimum atomic E-state index is -5.08. The first-order valence-electron chi connectivity index (χ1n) is 10.0. The first-order valence-corrected chi connectivity index (χ1v) is 12.9. The molecule has 1 aliphatic rings. The predicted molar refractivity (Wildman–Crippen MR) is 116 cm³/mol. The number of rotatable bonds is 7. The molecule has 0 saturated heterocycles. The Labute approximate surface area is 186 Å². The maximum Gasteiger partial charge on any atom is 0.373 e. The second-order valence-electron chi connectivity index (χ2n) is 8.48. The van der Waals surface area contributed by atoms with Gasteiger partial charge in [0.1, 0.15) is 10.1 Å². The summed E-state index contributed by atoms with van der Waals surface area (Å²) in [6, 6.07) is 3.82. The molecule has 1 unspecified atom stereocenters. The SMILES string of the molecule is CCCCC(C(=O)O)[N+]1=C(C)C(C)(C)c2c1ccc1c(S(=O)(=O)[O-])cc(S(=O)(=O)O)cc21. The predicted octanol–water partition coefficient (Wildman–Crippen LogP) is 3.03. The zero-order valence-corrected chi connectivity index (χ0v) is 19.7. The normalized spacial score (nSPS) is 16.9. The van der Waals surface area contributed by atoms with E-state index in [1.165, 1.54) is 6.07 Å². The Balaban J connectivity index is 2.46. The molecule has 3 rings (SSSR count). The van der Waals surface area contributed by atoms with E-state index in [1.54, 1.807) is 17.6 Å². The van der Waals surface area contributed by atoms with Gasteiger partial charge in [0.05, 0.1) is 15.2 Å². The maximum atomic E-state index is 12.1. The highest BCUT2D eigenvalue weighted by Crippen LogP contribution is 2.46. The lowest BCUT2D eigenvalue weighted by molar-refractivity contribution is -0.472. The number of hydrogen-bond donors (Lipinski definition) is 2. The second-order valence-corrected chi connectivity index (χ2v) is 11.3. The van der Waals surface area contributed by atoms with E-state index in [-0.39, 0.29) is 10.8 Å². The fourth-order valence-electron chi connectivity index (χ4n) is 4.40. The van der Waals surface area contributed by atoms with Gasteiger partial charge in [0.15, 0.2) is 5.71 Å². The molecule has 174 valence electrons. The Morgan fingerprint density at radius 2 is 1.78 bits per heavy atom. The maximum absolute atomic E-state index is 12.1. The van der Waals surface area contributed by atoms with E-state index < -0.39 is 47.5 Å². The molecule has 2 N–H and O–H groups in total. The van der Waals surface area contributed by atoms with Crippen molar-refractivity contribution in [3.63, 3.8) is 0 Å². The van der Waals surface area contributed by atoms with Gasteiger partial charge in [-0.2, -0.15) is 13.0 Å². The molecule has 2 aromatic rings. The highest BCUT2D eigenvalue weighted by Gasteiger charge is 2.48. The molecule has 32 heavy (non-hydrogen) atoms. The van der Waals surface area contributed by atoms with E-state index in [0.29, 0.717) is 35.9 Å². The van der Waals surface area contributed by atoms with Gasteiger partial charge in [-0.3, -0.25) is 4.55 Å². The molecule has 0 fully saturated rings. The van der Waals surface area contributed by atoms with Crippen LogP contribution in [0.15, 0.2) is 34.1 Å². The first-order chi connectivity index (χ1) is 14.6. The Morgan fingerprint density at radius 1 is 1.16 bits per heavy atom. The summed E-state index contributed by atoms with van der Waals surface area (Å²) in [5.41, 5.74) is 0.861. The third kappa shape index (κ3) is 3.94. The second kappa shape index (κ2) is 7.91. The highest BCUT2D eigenvalue weighted by atomic mass is 32.2. The number of unbranched alkanes of at least 4 members (excludes halogenated alkanes) is 1. The summed E-state index contributed by atoms with van der Waals surface area (Å²) in [6.07, 6.45) is 1.85. The lowest BCUT2D eigenvalue weighted by atomic mass is 9.80. The van der Waals surface area contributed by atoms with Gasteiger partial charge in [-0.1, -0.05) is 13.3 Å². The van der Waals surface area contributed by atoms with Gasteiger partial charge in [0.2, 0.25) is 5.69 Å². The Bertz CT molecular complexity index is 1370. The van der Waals surface area contributed by atoms with E-state index in [2.05, 4.69) is 0 Å². The first kappa shape index (κ1) is 24.3. The molecule has 1 heterocycles. The molecule has 11 heteroatoms. The van der Waals surface area contributed by atoms with Crippen LogP contribution in [0.1, 0.15) is 52.5 Å². The van der Waals surface area contributed by atoms with Crippen molar-refractivity contribution in [3.8, 4) is 0 Å². The molecule has 0 spiro atoms. The number of aliphatic carboxylic acids is 1. The Hall–Kier alpha value is -2.34. The average molecular weight is 484 g/mol. The van der Waals surface area contributed by atoms with Crippen LogP contribution in [0.25, 0.3) is 10.8 Å². The molecule has 2 aromatic carbocycles. The lowest BCUT2D eigenvalue weighted by Crippen LogP contribution is -2.36. The molecule has 0 amide bonds. The van der Waals surface area contributed by atoms with Gasteiger partial charge in [0.25, 0.3) is 16.2 Å². The van der Waals surface area contributed by atoms with Crippen molar-refractivity contribution < 1.29 is 40.4 Å². The van der Waals surface area contributed by atoms with Crippen molar-refractivity contribution in [2.24, 2.45) is 0 Å². The van der Waals surface area contributed by atoms with Gasteiger partial charge >= 0.3 is 5.97 Å². The standard InChI is InChI=1S/C21H25NO8S2/c1-5-6-7-17(20(23)24)22-12(2)21(3,4)19-15-10-13(31(25,26)27)11-18(32(28,29)30)14(15)8-9-16(19)22/h8-11,17H,5-7H2,1-4H3,(H2-,23,24,25,26,27,28,29,30). The quantitative estimate of drug-likeness (QED) is 0.450. The number of carbonyl (C=O) groups is 1. The van der Waals surface area contributed by atoms with Crippen LogP contribution in [-0.4, -0.2) is 53.3 Å². The van der Waals surface area contributed by atoms with Crippen LogP contribution in [0.4, 0.5) is 5.69 Å². The van der Waals surface area contributed by atoms with Gasteiger partial charge in [0, 0.05) is 30.4 Å². The van der Waals surface area contributed by atoms with Gasteiger partial charge in [-0.15, -0.1) is 0 Å². The summed E-state index contributed by atoms with van der Waals surface area (Å²) in [4.78, 5) is 10.6. The molecule has 0 aliphatic carbocycles. The summed E-state index contributed by atoms with van der Waals surface area (Å²) >= 11 is 0. The zero-order chi connectivity index (χ0) is 24.2. The van der Waals surface area contributed by atoms with Gasteiger partial charge in [-0.25, -0.2) is 13.2 Å². The van der Waals surface area contributed by atoms with Crippen molar-refractivity contribution in [3.05, 3.63) is 29.8 Å². The fraction of sp³-hybridized carbons (Fsp3) is 0.429. The van der Waals surface area contributed by atoms with Crippen LogP contribution in [0.3, 0.4) is 0 Å². The van der Waals surface area contributed by atoms with E-state index in [1.807, 2.05) is 20.8 Å².